The molecule has 9 nitrogen and oxygen atoms in total. The molecule has 4 aromatic rings. The summed E-state index contributed by atoms with van der Waals surface area (Å²) < 4.78 is 13.6. The largest absolute Gasteiger partial charge is 0.457 e. The summed E-state index contributed by atoms with van der Waals surface area (Å²) in [6, 6.07) is 11.5. The number of aryl methyl sites for hydroxylation is 2. The van der Waals surface area contributed by atoms with Gasteiger partial charge in [-0.05, 0) is 70.0 Å². The summed E-state index contributed by atoms with van der Waals surface area (Å²) in [6.07, 6.45) is 5.38. The first-order chi connectivity index (χ1) is 18.2. The molecule has 194 valence electrons. The van der Waals surface area contributed by atoms with Crippen LogP contribution >= 0.6 is 0 Å². The monoisotopic (exact) mass is 510 g/mol. The third kappa shape index (κ3) is 5.54. The van der Waals surface area contributed by atoms with Crippen LogP contribution in [0.3, 0.4) is 0 Å². The zero-order chi connectivity index (χ0) is 26.9. The molecule has 1 aliphatic rings. The predicted molar refractivity (Wildman–Crippen MR) is 146 cm³/mol. The number of carbonyl (C=O) groups excluding carboxylic acids is 1. The van der Waals surface area contributed by atoms with Crippen LogP contribution in [-0.4, -0.2) is 48.7 Å². The highest BCUT2D eigenvalue weighted by molar-refractivity contribution is 5.77. The number of anilines is 2. The maximum absolute atomic E-state index is 12.4. The van der Waals surface area contributed by atoms with Gasteiger partial charge in [0.15, 0.2) is 0 Å². The van der Waals surface area contributed by atoms with E-state index in [9.17, 15) is 4.79 Å². The van der Waals surface area contributed by atoms with Crippen molar-refractivity contribution in [2.24, 2.45) is 7.05 Å². The summed E-state index contributed by atoms with van der Waals surface area (Å²) in [5.41, 5.74) is 3.84. The fourth-order valence-electron chi connectivity index (χ4n) is 4.04. The zero-order valence-electron chi connectivity index (χ0n) is 22.1. The minimum absolute atomic E-state index is 0.193. The van der Waals surface area contributed by atoms with Crippen LogP contribution in [0.5, 0.6) is 11.5 Å². The van der Waals surface area contributed by atoms with Crippen molar-refractivity contribution in [3.05, 3.63) is 66.4 Å². The second-order valence-electron chi connectivity index (χ2n) is 10.2. The van der Waals surface area contributed by atoms with Gasteiger partial charge in [-0.25, -0.2) is 19.7 Å². The smallest absolute Gasteiger partial charge is 0.411 e. The molecule has 5 rings (SSSR count). The summed E-state index contributed by atoms with van der Waals surface area (Å²) in [5, 5.41) is 3.33. The number of ether oxygens (including phenoxy) is 2. The van der Waals surface area contributed by atoms with E-state index in [1.165, 1.54) is 6.33 Å². The lowest BCUT2D eigenvalue weighted by Crippen LogP contribution is -2.52. The van der Waals surface area contributed by atoms with E-state index in [0.717, 1.165) is 40.2 Å². The lowest BCUT2D eigenvalue weighted by molar-refractivity contribution is 0.00418. The summed E-state index contributed by atoms with van der Waals surface area (Å²) in [7, 11) is 1.96. The molecule has 1 N–H and O–H groups in total. The Morgan fingerprint density at radius 2 is 2.00 bits per heavy atom. The number of likely N-dealkylation sites (tertiary alicyclic amines) is 1. The summed E-state index contributed by atoms with van der Waals surface area (Å²) in [6.45, 7) is 8.18. The number of hydrogen-bond acceptors (Lipinski definition) is 7. The van der Waals surface area contributed by atoms with Crippen molar-refractivity contribution in [2.75, 3.05) is 11.9 Å². The SMILES string of the molecule is Cc1cc(Nc2ncncc2C#CC2CCN2C(=O)OC(C)(C)C)ccc1Oc1ccc2c(c1)ncn2C. The first-order valence-corrected chi connectivity index (χ1v) is 12.4. The highest BCUT2D eigenvalue weighted by atomic mass is 16.6. The van der Waals surface area contributed by atoms with Gasteiger partial charge in [0.1, 0.15) is 29.2 Å². The molecule has 1 fully saturated rings. The molecular formula is C29H30N6O3. The first-order valence-electron chi connectivity index (χ1n) is 12.4. The van der Waals surface area contributed by atoms with Crippen LogP contribution in [0.15, 0.2) is 55.2 Å². The standard InChI is InChI=1S/C29H30N6O3/c1-19-14-21(7-11-26(19)37-23-9-10-25-24(15-23)32-18-34(25)5)33-27-20(16-30-17-31-27)6-8-22-12-13-35(22)28(36)38-29(2,3)4/h7,9-11,14-18,22H,12-13H2,1-5H3,(H,30,31,33). The topological polar surface area (TPSA) is 94.4 Å². The highest BCUT2D eigenvalue weighted by Gasteiger charge is 2.34. The predicted octanol–water partition coefficient (Wildman–Crippen LogP) is 5.57. The molecule has 38 heavy (non-hydrogen) atoms. The normalized spacial score (nSPS) is 14.9. The summed E-state index contributed by atoms with van der Waals surface area (Å²) >= 11 is 0. The third-order valence-corrected chi connectivity index (χ3v) is 6.10. The average Bonchev–Trinajstić information content (AvgIpc) is 3.20. The summed E-state index contributed by atoms with van der Waals surface area (Å²) in [4.78, 5) is 26.9. The van der Waals surface area contributed by atoms with E-state index < -0.39 is 5.60 Å². The molecule has 1 atom stereocenters. The van der Waals surface area contributed by atoms with Gasteiger partial charge in [-0.15, -0.1) is 0 Å². The number of fused-ring (bicyclic) bond motifs is 1. The number of benzene rings is 2. The molecule has 1 saturated heterocycles. The van der Waals surface area contributed by atoms with Gasteiger partial charge in [-0.2, -0.15) is 0 Å². The van der Waals surface area contributed by atoms with Crippen LogP contribution in [0.2, 0.25) is 0 Å². The van der Waals surface area contributed by atoms with Crippen LogP contribution in [0, 0.1) is 18.8 Å². The van der Waals surface area contributed by atoms with Gasteiger partial charge < -0.3 is 19.4 Å². The van der Waals surface area contributed by atoms with Gasteiger partial charge in [0.05, 0.1) is 29.0 Å². The second kappa shape index (κ2) is 10.1. The van der Waals surface area contributed by atoms with Crippen molar-refractivity contribution in [3.8, 4) is 23.3 Å². The highest BCUT2D eigenvalue weighted by Crippen LogP contribution is 2.30. The molecule has 3 heterocycles. The van der Waals surface area contributed by atoms with Crippen LogP contribution in [0.1, 0.15) is 38.3 Å². The zero-order valence-corrected chi connectivity index (χ0v) is 22.1. The van der Waals surface area contributed by atoms with Crippen LogP contribution in [0.25, 0.3) is 11.0 Å². The van der Waals surface area contributed by atoms with Gasteiger partial charge in [0.2, 0.25) is 0 Å². The molecule has 0 radical (unpaired) electrons. The van der Waals surface area contributed by atoms with E-state index in [2.05, 4.69) is 32.1 Å². The quantitative estimate of drug-likeness (QED) is 0.359. The fourth-order valence-corrected chi connectivity index (χ4v) is 4.04. The van der Waals surface area contributed by atoms with Gasteiger partial charge >= 0.3 is 6.09 Å². The Balaban J connectivity index is 1.28. The number of aromatic nitrogens is 4. The Kier molecular flexibility index (Phi) is 6.64. The van der Waals surface area contributed by atoms with Gasteiger partial charge in [0.25, 0.3) is 0 Å². The number of nitrogens with one attached hydrogen (secondary N) is 1. The van der Waals surface area contributed by atoms with E-state index in [1.807, 2.05) is 75.7 Å². The van der Waals surface area contributed by atoms with E-state index in [0.29, 0.717) is 17.9 Å². The maximum Gasteiger partial charge on any atom is 0.411 e. The average molecular weight is 511 g/mol. The van der Waals surface area contributed by atoms with Gasteiger partial charge in [0, 0.05) is 31.5 Å². The maximum atomic E-state index is 12.4. The minimum atomic E-state index is -0.541. The Labute approximate surface area is 221 Å². The van der Waals surface area contributed by atoms with E-state index in [-0.39, 0.29) is 12.1 Å². The number of imidazole rings is 1. The molecule has 1 unspecified atom stereocenters. The molecular weight excluding hydrogens is 480 g/mol. The number of rotatable bonds is 4. The molecule has 2 aromatic heterocycles. The molecule has 0 aliphatic carbocycles. The molecule has 9 heteroatoms. The van der Waals surface area contributed by atoms with Crippen LogP contribution < -0.4 is 10.1 Å². The van der Waals surface area contributed by atoms with Crippen molar-refractivity contribution in [1.82, 2.24) is 24.4 Å². The molecule has 0 spiro atoms. The number of nitrogens with zero attached hydrogens (tertiary/aromatic N) is 5. The van der Waals surface area contributed by atoms with Crippen LogP contribution in [-0.2, 0) is 11.8 Å². The Morgan fingerprint density at radius 1 is 1.16 bits per heavy atom. The van der Waals surface area contributed by atoms with Gasteiger partial charge in [-0.1, -0.05) is 11.8 Å². The number of amides is 1. The van der Waals surface area contributed by atoms with E-state index in [1.54, 1.807) is 17.4 Å². The first kappa shape index (κ1) is 25.1. The minimum Gasteiger partial charge on any atom is -0.457 e. The number of carbonyl (C=O) groups is 1. The molecule has 0 saturated carbocycles. The molecule has 1 amide bonds. The van der Waals surface area contributed by atoms with Crippen molar-refractivity contribution in [2.45, 2.75) is 45.8 Å². The van der Waals surface area contributed by atoms with Crippen molar-refractivity contribution in [3.63, 3.8) is 0 Å². The third-order valence-electron chi connectivity index (χ3n) is 6.10. The fraction of sp³-hybridized carbons (Fsp3) is 0.310. The van der Waals surface area contributed by atoms with Crippen molar-refractivity contribution < 1.29 is 14.3 Å². The lowest BCUT2D eigenvalue weighted by Gasteiger charge is -2.38. The summed E-state index contributed by atoms with van der Waals surface area (Å²) in [5.74, 6) is 8.37. The van der Waals surface area contributed by atoms with E-state index in [4.69, 9.17) is 9.47 Å². The molecule has 0 bridgehead atoms. The molecule has 2 aromatic carbocycles. The Morgan fingerprint density at radius 3 is 2.74 bits per heavy atom. The van der Waals surface area contributed by atoms with Crippen molar-refractivity contribution >= 4 is 28.6 Å². The van der Waals surface area contributed by atoms with Gasteiger partial charge in [-0.3, -0.25) is 4.90 Å². The molecule has 1 aliphatic heterocycles. The lowest BCUT2D eigenvalue weighted by atomic mass is 10.0. The van der Waals surface area contributed by atoms with Crippen molar-refractivity contribution in [1.29, 1.82) is 0 Å². The Bertz CT molecular complexity index is 1560. The number of hydrogen-bond donors (Lipinski definition) is 1. The van der Waals surface area contributed by atoms with Crippen LogP contribution in [0.4, 0.5) is 16.3 Å². The second-order valence-corrected chi connectivity index (χ2v) is 10.2. The Hall–Kier alpha value is -4.58. The van der Waals surface area contributed by atoms with E-state index >= 15 is 0 Å².